The number of Topliss-reactive ketones (excluding diaryl/α,β-unsaturated/α-hetero) is 1. The zero-order chi connectivity index (χ0) is 18.2. The van der Waals surface area contributed by atoms with Crippen LogP contribution in [0.3, 0.4) is 0 Å². The summed E-state index contributed by atoms with van der Waals surface area (Å²) in [5.41, 5.74) is 1.53. The van der Waals surface area contributed by atoms with Crippen molar-refractivity contribution in [1.82, 2.24) is 9.78 Å². The number of ketones is 1. The lowest BCUT2D eigenvalue weighted by atomic mass is 10.0. The zero-order valence-electron chi connectivity index (χ0n) is 15.0. The topological polar surface area (TPSA) is 79.0 Å². The average Bonchev–Trinajstić information content (AvgIpc) is 3.20. The van der Waals surface area contributed by atoms with Gasteiger partial charge in [-0.05, 0) is 46.1 Å². The standard InChI is InChI=1S/C20H25N3O2/c1-20(2,3)23-17(12-16(22-23)14-9-10-15(24)11-14)18(21)19(25)13-7-5-4-6-8-13/h4-8,12,14-15,21,24H,9-11H2,1-3H3/t14-,15+/m0/s1. The number of nitrogens with zero attached hydrogens (tertiary/aromatic N) is 2. The normalized spacial score (nSPS) is 20.6. The van der Waals surface area contributed by atoms with Gasteiger partial charge in [-0.15, -0.1) is 0 Å². The molecule has 3 rings (SSSR count). The number of hydrogen-bond donors (Lipinski definition) is 2. The maximum atomic E-state index is 12.7. The molecule has 1 saturated carbocycles. The van der Waals surface area contributed by atoms with E-state index in [2.05, 4.69) is 0 Å². The summed E-state index contributed by atoms with van der Waals surface area (Å²) in [4.78, 5) is 12.7. The van der Waals surface area contributed by atoms with E-state index >= 15 is 0 Å². The predicted octanol–water partition coefficient (Wildman–Crippen LogP) is 3.52. The number of rotatable bonds is 4. The van der Waals surface area contributed by atoms with E-state index in [1.54, 1.807) is 28.9 Å². The average molecular weight is 339 g/mol. The molecule has 1 fully saturated rings. The SMILES string of the molecule is CC(C)(C)n1nc([C@H]2CC[C@@H](O)C2)cc1C(=N)C(=O)c1ccccc1. The van der Waals surface area contributed by atoms with Gasteiger partial charge in [0, 0.05) is 11.5 Å². The van der Waals surface area contributed by atoms with Gasteiger partial charge in [-0.25, -0.2) is 0 Å². The van der Waals surface area contributed by atoms with E-state index in [1.165, 1.54) is 0 Å². The third-order valence-electron chi connectivity index (χ3n) is 4.71. The van der Waals surface area contributed by atoms with Crippen LogP contribution in [0.1, 0.15) is 67.7 Å². The van der Waals surface area contributed by atoms with E-state index < -0.39 is 0 Å². The smallest absolute Gasteiger partial charge is 0.212 e. The number of carbonyl (C=O) groups is 1. The molecular formula is C20H25N3O2. The summed E-state index contributed by atoms with van der Waals surface area (Å²) in [5.74, 6) is -0.110. The third kappa shape index (κ3) is 3.56. The van der Waals surface area contributed by atoms with E-state index in [4.69, 9.17) is 10.5 Å². The van der Waals surface area contributed by atoms with Crippen LogP contribution in [0.2, 0.25) is 0 Å². The van der Waals surface area contributed by atoms with E-state index in [0.29, 0.717) is 17.7 Å². The molecule has 0 radical (unpaired) electrons. The molecule has 132 valence electrons. The highest BCUT2D eigenvalue weighted by atomic mass is 16.3. The third-order valence-corrected chi connectivity index (χ3v) is 4.71. The molecule has 1 aliphatic rings. The van der Waals surface area contributed by atoms with Gasteiger partial charge in [0.05, 0.1) is 23.0 Å². The van der Waals surface area contributed by atoms with Crippen molar-refractivity contribution in [3.05, 3.63) is 53.3 Å². The molecule has 0 bridgehead atoms. The molecule has 0 amide bonds. The Hall–Kier alpha value is -2.27. The Morgan fingerprint density at radius 2 is 1.92 bits per heavy atom. The fourth-order valence-corrected chi connectivity index (χ4v) is 3.36. The Morgan fingerprint density at radius 1 is 1.24 bits per heavy atom. The maximum absolute atomic E-state index is 12.7. The highest BCUT2D eigenvalue weighted by molar-refractivity contribution is 6.50. The summed E-state index contributed by atoms with van der Waals surface area (Å²) >= 11 is 0. The van der Waals surface area contributed by atoms with Crippen molar-refractivity contribution < 1.29 is 9.90 Å². The number of hydrogen-bond acceptors (Lipinski definition) is 4. The van der Waals surface area contributed by atoms with Crippen LogP contribution in [-0.4, -0.2) is 32.5 Å². The van der Waals surface area contributed by atoms with Gasteiger partial charge in [0.15, 0.2) is 0 Å². The minimum Gasteiger partial charge on any atom is -0.393 e. The van der Waals surface area contributed by atoms with E-state index in [1.807, 2.05) is 32.9 Å². The summed E-state index contributed by atoms with van der Waals surface area (Å²) in [5, 5.41) is 23.0. The van der Waals surface area contributed by atoms with Gasteiger partial charge in [-0.1, -0.05) is 30.3 Å². The highest BCUT2D eigenvalue weighted by Crippen LogP contribution is 2.35. The first kappa shape index (κ1) is 17.5. The van der Waals surface area contributed by atoms with Gasteiger partial charge in [0.1, 0.15) is 5.71 Å². The number of aliphatic hydroxyl groups is 1. The van der Waals surface area contributed by atoms with Crippen LogP contribution in [0, 0.1) is 5.41 Å². The van der Waals surface area contributed by atoms with E-state index in [-0.39, 0.29) is 29.1 Å². The minimum atomic E-state index is -0.339. The molecule has 1 aromatic carbocycles. The fraction of sp³-hybridized carbons (Fsp3) is 0.450. The minimum absolute atomic E-state index is 0.0431. The molecule has 1 heterocycles. The van der Waals surface area contributed by atoms with Gasteiger partial charge in [-0.3, -0.25) is 14.9 Å². The van der Waals surface area contributed by atoms with Crippen LogP contribution in [0.25, 0.3) is 0 Å². The lowest BCUT2D eigenvalue weighted by Gasteiger charge is -2.22. The van der Waals surface area contributed by atoms with Crippen molar-refractivity contribution in [3.8, 4) is 0 Å². The molecule has 2 atom stereocenters. The van der Waals surface area contributed by atoms with Crippen molar-refractivity contribution in [3.63, 3.8) is 0 Å². The Bertz CT molecular complexity index is 787. The van der Waals surface area contributed by atoms with Crippen LogP contribution < -0.4 is 0 Å². The first-order valence-corrected chi connectivity index (χ1v) is 8.74. The second-order valence-corrected chi connectivity index (χ2v) is 7.77. The van der Waals surface area contributed by atoms with Crippen LogP contribution in [0.15, 0.2) is 36.4 Å². The molecule has 5 heteroatoms. The zero-order valence-corrected chi connectivity index (χ0v) is 15.0. The van der Waals surface area contributed by atoms with E-state index in [0.717, 1.165) is 18.5 Å². The van der Waals surface area contributed by atoms with Crippen LogP contribution in [0.4, 0.5) is 0 Å². The summed E-state index contributed by atoms with van der Waals surface area (Å²) < 4.78 is 1.77. The summed E-state index contributed by atoms with van der Waals surface area (Å²) in [7, 11) is 0. The molecule has 2 aromatic rings. The van der Waals surface area contributed by atoms with Crippen LogP contribution >= 0.6 is 0 Å². The van der Waals surface area contributed by atoms with Gasteiger partial charge >= 0.3 is 0 Å². The number of nitrogens with one attached hydrogen (secondary N) is 1. The van der Waals surface area contributed by atoms with Crippen molar-refractivity contribution in [2.75, 3.05) is 0 Å². The van der Waals surface area contributed by atoms with Gasteiger partial charge in [0.25, 0.3) is 0 Å². The summed E-state index contributed by atoms with van der Waals surface area (Å²) in [6.45, 7) is 6.03. The molecule has 0 spiro atoms. The van der Waals surface area contributed by atoms with Crippen molar-refractivity contribution in [2.45, 2.75) is 57.6 Å². The van der Waals surface area contributed by atoms with Crippen molar-refractivity contribution >= 4 is 11.5 Å². The summed E-state index contributed by atoms with van der Waals surface area (Å²) in [6, 6.07) is 10.8. The molecule has 0 saturated heterocycles. The Labute approximate surface area is 148 Å². The first-order valence-electron chi connectivity index (χ1n) is 8.74. The van der Waals surface area contributed by atoms with E-state index in [9.17, 15) is 9.90 Å². The lowest BCUT2D eigenvalue weighted by molar-refractivity contribution is 0.106. The molecule has 1 aliphatic carbocycles. The molecule has 1 aromatic heterocycles. The van der Waals surface area contributed by atoms with Crippen molar-refractivity contribution in [2.24, 2.45) is 0 Å². The predicted molar refractivity (Wildman–Crippen MR) is 97.4 cm³/mol. The fourth-order valence-electron chi connectivity index (χ4n) is 3.36. The number of aromatic nitrogens is 2. The van der Waals surface area contributed by atoms with Gasteiger partial charge in [-0.2, -0.15) is 5.10 Å². The lowest BCUT2D eigenvalue weighted by Crippen LogP contribution is -2.29. The monoisotopic (exact) mass is 339 g/mol. The quantitative estimate of drug-likeness (QED) is 0.661. The molecule has 5 nitrogen and oxygen atoms in total. The maximum Gasteiger partial charge on any atom is 0.212 e. The Kier molecular flexibility index (Phi) is 4.60. The van der Waals surface area contributed by atoms with Crippen LogP contribution in [0.5, 0.6) is 0 Å². The number of benzene rings is 1. The highest BCUT2D eigenvalue weighted by Gasteiger charge is 2.31. The Morgan fingerprint density at radius 3 is 2.48 bits per heavy atom. The number of aliphatic hydroxyl groups excluding tert-OH is 1. The summed E-state index contributed by atoms with van der Waals surface area (Å²) in [6.07, 6.45) is 2.09. The molecular weight excluding hydrogens is 314 g/mol. The molecule has 2 N–H and O–H groups in total. The largest absolute Gasteiger partial charge is 0.393 e. The molecule has 0 unspecified atom stereocenters. The molecule has 25 heavy (non-hydrogen) atoms. The Balaban J connectivity index is 1.98. The van der Waals surface area contributed by atoms with Crippen molar-refractivity contribution in [1.29, 1.82) is 5.41 Å². The van der Waals surface area contributed by atoms with Gasteiger partial charge < -0.3 is 5.11 Å². The van der Waals surface area contributed by atoms with Gasteiger partial charge in [0.2, 0.25) is 5.78 Å². The first-order chi connectivity index (χ1) is 11.8. The van der Waals surface area contributed by atoms with Crippen LogP contribution in [-0.2, 0) is 5.54 Å². The molecule has 0 aliphatic heterocycles. The second kappa shape index (κ2) is 6.56. The second-order valence-electron chi connectivity index (χ2n) is 7.77. The number of carbonyl (C=O) groups excluding carboxylic acids is 1.